The molecule has 13 heavy (non-hydrogen) atoms. The number of aromatic amines is 1. The number of imidazole rings is 1. The molecule has 6 nitrogen and oxygen atoms in total. The lowest BCUT2D eigenvalue weighted by atomic mass is 10.4. The molecular formula is C7H9N3O3. The maximum atomic E-state index is 10.5. The minimum atomic E-state index is -1.47. The number of H-pyrrole nitrogens is 1. The molecule has 1 rings (SSSR count). The van der Waals surface area contributed by atoms with Crippen LogP contribution < -0.4 is 5.32 Å². The Labute approximate surface area is 74.0 Å². The highest BCUT2D eigenvalue weighted by Crippen LogP contribution is 1.87. The summed E-state index contributed by atoms with van der Waals surface area (Å²) >= 11 is 0. The summed E-state index contributed by atoms with van der Waals surface area (Å²) in [5.41, 5.74) is 0. The zero-order valence-corrected chi connectivity index (χ0v) is 6.78. The first kappa shape index (κ1) is 9.24. The second-order valence-electron chi connectivity index (χ2n) is 2.35. The molecule has 1 amide bonds. The topological polar surface area (TPSA) is 95.1 Å². The van der Waals surface area contributed by atoms with Crippen LogP contribution in [-0.2, 0) is 16.0 Å². The van der Waals surface area contributed by atoms with Crippen molar-refractivity contribution in [3.05, 3.63) is 18.2 Å². The summed E-state index contributed by atoms with van der Waals surface area (Å²) in [6.07, 6.45) is 3.74. The summed E-state index contributed by atoms with van der Waals surface area (Å²) < 4.78 is 0. The standard InChI is InChI=1S/C7H9N3O3/c11-6(7(12)13)10-2-1-5-8-3-4-9-5/h3-4H,1-2H2,(H,8,9)(H,10,11)(H,12,13). The highest BCUT2D eigenvalue weighted by molar-refractivity contribution is 6.31. The number of nitrogens with zero attached hydrogens (tertiary/aromatic N) is 1. The van der Waals surface area contributed by atoms with E-state index in [2.05, 4.69) is 15.3 Å². The Morgan fingerprint density at radius 3 is 2.92 bits per heavy atom. The highest BCUT2D eigenvalue weighted by Gasteiger charge is 2.09. The minimum absolute atomic E-state index is 0.263. The smallest absolute Gasteiger partial charge is 0.394 e. The van der Waals surface area contributed by atoms with Gasteiger partial charge < -0.3 is 15.4 Å². The van der Waals surface area contributed by atoms with E-state index in [-0.39, 0.29) is 6.54 Å². The van der Waals surface area contributed by atoms with Gasteiger partial charge >= 0.3 is 11.9 Å². The molecule has 0 aliphatic rings. The van der Waals surface area contributed by atoms with Crippen LogP contribution in [0.25, 0.3) is 0 Å². The number of hydrogen-bond acceptors (Lipinski definition) is 3. The summed E-state index contributed by atoms with van der Waals surface area (Å²) in [4.78, 5) is 27.3. The summed E-state index contributed by atoms with van der Waals surface area (Å²) in [7, 11) is 0. The van der Waals surface area contributed by atoms with Crippen molar-refractivity contribution in [1.29, 1.82) is 0 Å². The monoisotopic (exact) mass is 183 g/mol. The summed E-state index contributed by atoms with van der Waals surface area (Å²) in [5.74, 6) is -1.75. The van der Waals surface area contributed by atoms with Gasteiger partial charge in [0.1, 0.15) is 5.82 Å². The van der Waals surface area contributed by atoms with Crippen molar-refractivity contribution in [3.63, 3.8) is 0 Å². The van der Waals surface area contributed by atoms with Crippen molar-refractivity contribution in [2.45, 2.75) is 6.42 Å². The third kappa shape index (κ3) is 2.94. The Kier molecular flexibility index (Phi) is 3.02. The van der Waals surface area contributed by atoms with Gasteiger partial charge in [-0.05, 0) is 0 Å². The number of nitrogens with one attached hydrogen (secondary N) is 2. The van der Waals surface area contributed by atoms with E-state index in [0.717, 1.165) is 0 Å². The van der Waals surface area contributed by atoms with Gasteiger partial charge in [0.2, 0.25) is 0 Å². The van der Waals surface area contributed by atoms with Gasteiger partial charge in [0.25, 0.3) is 0 Å². The van der Waals surface area contributed by atoms with Gasteiger partial charge in [-0.1, -0.05) is 0 Å². The van der Waals surface area contributed by atoms with Crippen molar-refractivity contribution in [2.75, 3.05) is 6.54 Å². The molecule has 0 aliphatic heterocycles. The molecule has 0 radical (unpaired) electrons. The summed E-state index contributed by atoms with van der Waals surface area (Å²) in [5, 5.41) is 10.4. The average molecular weight is 183 g/mol. The first-order valence-electron chi connectivity index (χ1n) is 3.69. The van der Waals surface area contributed by atoms with E-state index >= 15 is 0 Å². The number of carbonyl (C=O) groups is 2. The van der Waals surface area contributed by atoms with E-state index in [1.54, 1.807) is 12.4 Å². The van der Waals surface area contributed by atoms with Gasteiger partial charge in [-0.3, -0.25) is 4.79 Å². The molecule has 1 aromatic heterocycles. The maximum Gasteiger partial charge on any atom is 0.394 e. The Bertz CT molecular complexity index is 294. The lowest BCUT2D eigenvalue weighted by Crippen LogP contribution is -2.32. The van der Waals surface area contributed by atoms with Crippen molar-refractivity contribution >= 4 is 11.9 Å². The number of amides is 1. The number of rotatable bonds is 3. The second kappa shape index (κ2) is 4.24. The van der Waals surface area contributed by atoms with Gasteiger partial charge in [-0.25, -0.2) is 9.78 Å². The van der Waals surface area contributed by atoms with E-state index in [4.69, 9.17) is 5.11 Å². The fourth-order valence-electron chi connectivity index (χ4n) is 0.805. The normalized spacial score (nSPS) is 9.54. The number of carboxylic acids is 1. The van der Waals surface area contributed by atoms with Crippen LogP contribution in [0.3, 0.4) is 0 Å². The van der Waals surface area contributed by atoms with Crippen LogP contribution in [0.1, 0.15) is 5.82 Å². The molecule has 0 atom stereocenters. The predicted octanol–water partition coefficient (Wildman–Crippen LogP) is -0.847. The van der Waals surface area contributed by atoms with Gasteiger partial charge in [-0.2, -0.15) is 0 Å². The Morgan fingerprint density at radius 1 is 1.62 bits per heavy atom. The molecule has 0 aliphatic carbocycles. The molecule has 0 saturated heterocycles. The predicted molar refractivity (Wildman–Crippen MR) is 42.9 cm³/mol. The van der Waals surface area contributed by atoms with Gasteiger partial charge in [0, 0.05) is 25.4 Å². The van der Waals surface area contributed by atoms with Crippen molar-refractivity contribution in [3.8, 4) is 0 Å². The molecule has 0 unspecified atom stereocenters. The third-order valence-electron chi connectivity index (χ3n) is 1.40. The Balaban J connectivity index is 2.22. The van der Waals surface area contributed by atoms with Gasteiger partial charge in [0.05, 0.1) is 0 Å². The minimum Gasteiger partial charge on any atom is -0.474 e. The molecule has 0 spiro atoms. The lowest BCUT2D eigenvalue weighted by molar-refractivity contribution is -0.150. The second-order valence-corrected chi connectivity index (χ2v) is 2.35. The lowest BCUT2D eigenvalue weighted by Gasteiger charge is -1.98. The number of hydrogen-bond donors (Lipinski definition) is 3. The van der Waals surface area contributed by atoms with Crippen LogP contribution in [0.15, 0.2) is 12.4 Å². The molecule has 0 aromatic carbocycles. The van der Waals surface area contributed by atoms with Crippen molar-refractivity contribution in [1.82, 2.24) is 15.3 Å². The molecule has 1 aromatic rings. The maximum absolute atomic E-state index is 10.5. The molecule has 3 N–H and O–H groups in total. The van der Waals surface area contributed by atoms with Crippen LogP contribution in [-0.4, -0.2) is 33.5 Å². The first-order valence-corrected chi connectivity index (χ1v) is 3.69. The molecule has 6 heteroatoms. The van der Waals surface area contributed by atoms with Crippen LogP contribution in [0.2, 0.25) is 0 Å². The fraction of sp³-hybridized carbons (Fsp3) is 0.286. The van der Waals surface area contributed by atoms with E-state index in [9.17, 15) is 9.59 Å². The van der Waals surface area contributed by atoms with Crippen molar-refractivity contribution < 1.29 is 14.7 Å². The van der Waals surface area contributed by atoms with Crippen molar-refractivity contribution in [2.24, 2.45) is 0 Å². The largest absolute Gasteiger partial charge is 0.474 e. The molecule has 1 heterocycles. The number of carboxylic acid groups (broad SMARTS) is 1. The number of aliphatic carboxylic acids is 1. The van der Waals surface area contributed by atoms with Gasteiger partial charge in [0.15, 0.2) is 0 Å². The molecule has 70 valence electrons. The highest BCUT2D eigenvalue weighted by atomic mass is 16.4. The van der Waals surface area contributed by atoms with Gasteiger partial charge in [-0.15, -0.1) is 0 Å². The fourth-order valence-corrected chi connectivity index (χ4v) is 0.805. The SMILES string of the molecule is O=C(O)C(=O)NCCc1ncc[nH]1. The van der Waals surface area contributed by atoms with Crippen LogP contribution in [0.4, 0.5) is 0 Å². The zero-order chi connectivity index (χ0) is 9.68. The van der Waals surface area contributed by atoms with Crippen LogP contribution in [0, 0.1) is 0 Å². The average Bonchev–Trinajstić information content (AvgIpc) is 2.56. The molecule has 0 bridgehead atoms. The van der Waals surface area contributed by atoms with Crippen LogP contribution in [0.5, 0.6) is 0 Å². The van der Waals surface area contributed by atoms with Crippen LogP contribution >= 0.6 is 0 Å². The number of carbonyl (C=O) groups excluding carboxylic acids is 1. The molecule has 0 saturated carbocycles. The Hall–Kier alpha value is -1.85. The third-order valence-corrected chi connectivity index (χ3v) is 1.40. The van der Waals surface area contributed by atoms with E-state index in [1.807, 2.05) is 0 Å². The summed E-state index contributed by atoms with van der Waals surface area (Å²) in [6.45, 7) is 0.263. The van der Waals surface area contributed by atoms with E-state index in [0.29, 0.717) is 12.2 Å². The zero-order valence-electron chi connectivity index (χ0n) is 6.78. The summed E-state index contributed by atoms with van der Waals surface area (Å²) in [6, 6.07) is 0. The number of aromatic nitrogens is 2. The molecular weight excluding hydrogens is 174 g/mol. The molecule has 0 fully saturated rings. The van der Waals surface area contributed by atoms with E-state index < -0.39 is 11.9 Å². The quantitative estimate of drug-likeness (QED) is 0.532. The van der Waals surface area contributed by atoms with E-state index in [1.165, 1.54) is 0 Å². The Morgan fingerprint density at radius 2 is 2.38 bits per heavy atom. The first-order chi connectivity index (χ1) is 6.20.